The standard InChI is InChI=1S/C19H22N2O5/c1-5-15(13-7-9-17(25-3)18(11-13)26-4)20-19(22)14-6-8-16(21(23)24)12(2)10-14/h6-11,15H,5H2,1-4H3,(H,20,22)/t15-/m0/s1. The highest BCUT2D eigenvalue weighted by atomic mass is 16.6. The third-order valence-corrected chi connectivity index (χ3v) is 4.18. The number of hydrogen-bond acceptors (Lipinski definition) is 5. The van der Waals surface area contributed by atoms with Gasteiger partial charge in [-0.05, 0) is 43.2 Å². The van der Waals surface area contributed by atoms with Crippen molar-refractivity contribution < 1.29 is 19.2 Å². The third kappa shape index (κ3) is 4.11. The summed E-state index contributed by atoms with van der Waals surface area (Å²) in [5, 5.41) is 13.9. The Balaban J connectivity index is 2.23. The van der Waals surface area contributed by atoms with Gasteiger partial charge in [0.05, 0.1) is 25.2 Å². The summed E-state index contributed by atoms with van der Waals surface area (Å²) in [6, 6.07) is 9.60. The minimum atomic E-state index is -0.463. The van der Waals surface area contributed by atoms with Gasteiger partial charge in [0.25, 0.3) is 11.6 Å². The minimum absolute atomic E-state index is 0.00603. The number of methoxy groups -OCH3 is 2. The van der Waals surface area contributed by atoms with Crippen LogP contribution in [0, 0.1) is 17.0 Å². The second-order valence-corrected chi connectivity index (χ2v) is 5.81. The highest BCUT2D eigenvalue weighted by molar-refractivity contribution is 5.95. The van der Waals surface area contributed by atoms with Crippen LogP contribution in [0.25, 0.3) is 0 Å². The molecule has 0 saturated carbocycles. The molecular weight excluding hydrogens is 336 g/mol. The number of ether oxygens (including phenoxy) is 2. The summed E-state index contributed by atoms with van der Waals surface area (Å²) in [5.41, 5.74) is 1.71. The molecule has 0 saturated heterocycles. The van der Waals surface area contributed by atoms with Crippen molar-refractivity contribution in [2.45, 2.75) is 26.3 Å². The molecule has 2 aromatic carbocycles. The monoisotopic (exact) mass is 358 g/mol. The zero-order valence-electron chi connectivity index (χ0n) is 15.2. The molecule has 0 aromatic heterocycles. The largest absolute Gasteiger partial charge is 0.493 e. The number of carbonyl (C=O) groups is 1. The molecule has 1 N–H and O–H groups in total. The van der Waals surface area contributed by atoms with Gasteiger partial charge in [-0.2, -0.15) is 0 Å². The van der Waals surface area contributed by atoms with Crippen LogP contribution in [0.3, 0.4) is 0 Å². The quantitative estimate of drug-likeness (QED) is 0.600. The van der Waals surface area contributed by atoms with Gasteiger partial charge in [0.15, 0.2) is 11.5 Å². The Kier molecular flexibility index (Phi) is 6.16. The highest BCUT2D eigenvalue weighted by Gasteiger charge is 2.18. The van der Waals surface area contributed by atoms with E-state index in [9.17, 15) is 14.9 Å². The van der Waals surface area contributed by atoms with Crippen molar-refractivity contribution in [3.8, 4) is 11.5 Å². The summed E-state index contributed by atoms with van der Waals surface area (Å²) in [5.74, 6) is 0.914. The van der Waals surface area contributed by atoms with Gasteiger partial charge in [-0.25, -0.2) is 0 Å². The summed E-state index contributed by atoms with van der Waals surface area (Å²) >= 11 is 0. The molecular formula is C19H22N2O5. The van der Waals surface area contributed by atoms with Crippen LogP contribution in [0.4, 0.5) is 5.69 Å². The molecule has 0 unspecified atom stereocenters. The lowest BCUT2D eigenvalue weighted by Gasteiger charge is -2.19. The third-order valence-electron chi connectivity index (χ3n) is 4.18. The van der Waals surface area contributed by atoms with Crippen molar-refractivity contribution in [1.82, 2.24) is 5.32 Å². The number of nitrogens with one attached hydrogen (secondary N) is 1. The maximum Gasteiger partial charge on any atom is 0.272 e. The number of nitrogens with zero attached hydrogens (tertiary/aromatic N) is 1. The van der Waals surface area contributed by atoms with Gasteiger partial charge in [0.1, 0.15) is 0 Å². The van der Waals surface area contributed by atoms with Gasteiger partial charge in [0, 0.05) is 17.2 Å². The molecule has 7 heteroatoms. The zero-order chi connectivity index (χ0) is 19.3. The molecule has 0 spiro atoms. The maximum atomic E-state index is 12.6. The van der Waals surface area contributed by atoms with E-state index in [1.165, 1.54) is 18.2 Å². The summed E-state index contributed by atoms with van der Waals surface area (Å²) in [6.45, 7) is 3.57. The Morgan fingerprint density at radius 2 is 1.85 bits per heavy atom. The van der Waals surface area contributed by atoms with Gasteiger partial charge in [-0.15, -0.1) is 0 Å². The van der Waals surface area contributed by atoms with Crippen LogP contribution in [0.2, 0.25) is 0 Å². The van der Waals surface area contributed by atoms with E-state index >= 15 is 0 Å². The fourth-order valence-electron chi connectivity index (χ4n) is 2.73. The van der Waals surface area contributed by atoms with E-state index in [1.807, 2.05) is 19.1 Å². The fourth-order valence-corrected chi connectivity index (χ4v) is 2.73. The lowest BCUT2D eigenvalue weighted by molar-refractivity contribution is -0.385. The van der Waals surface area contributed by atoms with E-state index < -0.39 is 4.92 Å². The first-order valence-corrected chi connectivity index (χ1v) is 8.19. The first-order chi connectivity index (χ1) is 12.4. The molecule has 0 aliphatic heterocycles. The van der Waals surface area contributed by atoms with Gasteiger partial charge in [-0.1, -0.05) is 13.0 Å². The number of rotatable bonds is 7. The van der Waals surface area contributed by atoms with E-state index in [2.05, 4.69) is 5.32 Å². The van der Waals surface area contributed by atoms with Crippen molar-refractivity contribution in [2.24, 2.45) is 0 Å². The van der Waals surface area contributed by atoms with E-state index in [4.69, 9.17) is 9.47 Å². The number of nitro benzene ring substituents is 1. The Labute approximate surface area is 152 Å². The van der Waals surface area contributed by atoms with Crippen LogP contribution in [0.1, 0.15) is 40.9 Å². The van der Waals surface area contributed by atoms with Crippen molar-refractivity contribution in [3.63, 3.8) is 0 Å². The molecule has 0 radical (unpaired) electrons. The molecule has 1 amide bonds. The van der Waals surface area contributed by atoms with E-state index in [1.54, 1.807) is 27.2 Å². The molecule has 0 heterocycles. The number of carbonyl (C=O) groups excluding carboxylic acids is 1. The van der Waals surface area contributed by atoms with Gasteiger partial charge < -0.3 is 14.8 Å². The maximum absolute atomic E-state index is 12.6. The summed E-state index contributed by atoms with van der Waals surface area (Å²) in [4.78, 5) is 23.0. The van der Waals surface area contributed by atoms with Crippen molar-refractivity contribution >= 4 is 11.6 Å². The van der Waals surface area contributed by atoms with Crippen molar-refractivity contribution in [3.05, 3.63) is 63.2 Å². The average Bonchev–Trinajstić information content (AvgIpc) is 2.64. The number of nitro groups is 1. The van der Waals surface area contributed by atoms with Crippen molar-refractivity contribution in [1.29, 1.82) is 0 Å². The molecule has 26 heavy (non-hydrogen) atoms. The number of aryl methyl sites for hydroxylation is 1. The smallest absolute Gasteiger partial charge is 0.272 e. The molecule has 0 fully saturated rings. The van der Waals surface area contributed by atoms with Gasteiger partial charge in [0.2, 0.25) is 0 Å². The number of benzene rings is 2. The highest BCUT2D eigenvalue weighted by Crippen LogP contribution is 2.31. The van der Waals surface area contributed by atoms with Crippen LogP contribution in [-0.4, -0.2) is 25.1 Å². The van der Waals surface area contributed by atoms with E-state index in [0.717, 1.165) is 5.56 Å². The minimum Gasteiger partial charge on any atom is -0.493 e. The predicted octanol–water partition coefficient (Wildman–Crippen LogP) is 3.80. The SMILES string of the molecule is CC[C@H](NC(=O)c1ccc([N+](=O)[O-])c(C)c1)c1ccc(OC)c(OC)c1. The van der Waals surface area contributed by atoms with Crippen LogP contribution in [0.5, 0.6) is 11.5 Å². The van der Waals surface area contributed by atoms with Crippen LogP contribution in [-0.2, 0) is 0 Å². The number of hydrogen-bond donors (Lipinski definition) is 1. The molecule has 7 nitrogen and oxygen atoms in total. The normalized spacial score (nSPS) is 11.5. The molecule has 0 aliphatic rings. The van der Waals surface area contributed by atoms with Crippen molar-refractivity contribution in [2.75, 3.05) is 14.2 Å². The topological polar surface area (TPSA) is 90.7 Å². The second kappa shape index (κ2) is 8.33. The molecule has 138 valence electrons. The Morgan fingerprint density at radius 1 is 1.15 bits per heavy atom. The Hall–Kier alpha value is -3.09. The first-order valence-electron chi connectivity index (χ1n) is 8.19. The van der Waals surface area contributed by atoms with Gasteiger partial charge >= 0.3 is 0 Å². The fraction of sp³-hybridized carbons (Fsp3) is 0.316. The van der Waals surface area contributed by atoms with Crippen LogP contribution < -0.4 is 14.8 Å². The van der Waals surface area contributed by atoms with Crippen LogP contribution in [0.15, 0.2) is 36.4 Å². The predicted molar refractivity (Wildman–Crippen MR) is 97.9 cm³/mol. The first kappa shape index (κ1) is 19.2. The van der Waals surface area contributed by atoms with E-state index in [-0.39, 0.29) is 17.6 Å². The summed E-state index contributed by atoms with van der Waals surface area (Å²) in [7, 11) is 3.12. The summed E-state index contributed by atoms with van der Waals surface area (Å²) in [6.07, 6.45) is 0.674. The molecule has 1 atom stereocenters. The molecule has 0 bridgehead atoms. The average molecular weight is 358 g/mol. The second-order valence-electron chi connectivity index (χ2n) is 5.81. The Morgan fingerprint density at radius 3 is 2.38 bits per heavy atom. The molecule has 2 rings (SSSR count). The van der Waals surface area contributed by atoms with Gasteiger partial charge in [-0.3, -0.25) is 14.9 Å². The Bertz CT molecular complexity index is 820. The van der Waals surface area contributed by atoms with E-state index in [0.29, 0.717) is 29.0 Å². The zero-order valence-corrected chi connectivity index (χ0v) is 15.2. The lowest BCUT2D eigenvalue weighted by atomic mass is 10.0. The molecule has 2 aromatic rings. The summed E-state index contributed by atoms with van der Waals surface area (Å²) < 4.78 is 10.5. The van der Waals surface area contributed by atoms with Crippen LogP contribution >= 0.6 is 0 Å². The number of amides is 1. The lowest BCUT2D eigenvalue weighted by Crippen LogP contribution is -2.28. The molecule has 0 aliphatic carbocycles.